The SMILES string of the molecule is CC#CC(C)Cc1cc(Cl)c(C)cc1OCCC. The van der Waals surface area contributed by atoms with Crippen LogP contribution in [0.3, 0.4) is 0 Å². The monoisotopic (exact) mass is 264 g/mol. The minimum Gasteiger partial charge on any atom is -0.493 e. The van der Waals surface area contributed by atoms with E-state index in [2.05, 4.69) is 25.7 Å². The Kier molecular flexibility index (Phi) is 6.09. The minimum absolute atomic E-state index is 0.317. The van der Waals surface area contributed by atoms with E-state index in [1.54, 1.807) is 0 Å². The molecule has 0 saturated carbocycles. The van der Waals surface area contributed by atoms with Crippen LogP contribution in [0.25, 0.3) is 0 Å². The van der Waals surface area contributed by atoms with Crippen molar-refractivity contribution in [1.29, 1.82) is 0 Å². The van der Waals surface area contributed by atoms with Crippen molar-refractivity contribution in [1.82, 2.24) is 0 Å². The number of halogens is 1. The maximum absolute atomic E-state index is 6.19. The van der Waals surface area contributed by atoms with E-state index >= 15 is 0 Å². The zero-order valence-corrected chi connectivity index (χ0v) is 12.4. The van der Waals surface area contributed by atoms with Gasteiger partial charge >= 0.3 is 0 Å². The molecule has 1 rings (SSSR count). The molecule has 0 aliphatic rings. The van der Waals surface area contributed by atoms with Gasteiger partial charge in [0.2, 0.25) is 0 Å². The number of ether oxygens (including phenoxy) is 1. The summed E-state index contributed by atoms with van der Waals surface area (Å²) in [4.78, 5) is 0. The van der Waals surface area contributed by atoms with Gasteiger partial charge in [0.1, 0.15) is 5.75 Å². The number of aryl methyl sites for hydroxylation is 1. The van der Waals surface area contributed by atoms with Crippen LogP contribution in [0.2, 0.25) is 5.02 Å². The fraction of sp³-hybridized carbons (Fsp3) is 0.500. The lowest BCUT2D eigenvalue weighted by molar-refractivity contribution is 0.313. The molecule has 1 nitrogen and oxygen atoms in total. The minimum atomic E-state index is 0.317. The van der Waals surface area contributed by atoms with Crippen LogP contribution in [-0.2, 0) is 6.42 Å². The van der Waals surface area contributed by atoms with Crippen LogP contribution in [-0.4, -0.2) is 6.61 Å². The molecular formula is C16H21ClO. The van der Waals surface area contributed by atoms with E-state index in [0.29, 0.717) is 5.92 Å². The number of benzene rings is 1. The van der Waals surface area contributed by atoms with Gasteiger partial charge in [0.25, 0.3) is 0 Å². The second-order valence-electron chi connectivity index (χ2n) is 4.56. The van der Waals surface area contributed by atoms with Crippen LogP contribution in [0, 0.1) is 24.7 Å². The van der Waals surface area contributed by atoms with E-state index in [1.807, 2.05) is 26.0 Å². The summed E-state index contributed by atoms with van der Waals surface area (Å²) in [5, 5.41) is 0.797. The van der Waals surface area contributed by atoms with Crippen LogP contribution in [0.15, 0.2) is 12.1 Å². The van der Waals surface area contributed by atoms with Crippen molar-refractivity contribution in [2.75, 3.05) is 6.61 Å². The molecule has 0 bridgehead atoms. The summed E-state index contributed by atoms with van der Waals surface area (Å²) in [5.41, 5.74) is 2.20. The first kappa shape index (κ1) is 14.9. The highest BCUT2D eigenvalue weighted by Crippen LogP contribution is 2.28. The van der Waals surface area contributed by atoms with Gasteiger partial charge in [0.05, 0.1) is 6.61 Å². The molecule has 1 aromatic carbocycles. The van der Waals surface area contributed by atoms with Gasteiger partial charge in [-0.05, 0) is 49.9 Å². The Hall–Kier alpha value is -1.13. The highest BCUT2D eigenvalue weighted by atomic mass is 35.5. The molecule has 0 N–H and O–H groups in total. The Morgan fingerprint density at radius 1 is 1.39 bits per heavy atom. The second kappa shape index (κ2) is 7.34. The average molecular weight is 265 g/mol. The fourth-order valence-corrected chi connectivity index (χ4v) is 2.02. The molecule has 0 saturated heterocycles. The van der Waals surface area contributed by atoms with Crippen molar-refractivity contribution < 1.29 is 4.74 Å². The molecule has 0 aliphatic carbocycles. The van der Waals surface area contributed by atoms with E-state index in [0.717, 1.165) is 41.3 Å². The van der Waals surface area contributed by atoms with Crippen molar-refractivity contribution in [2.45, 2.75) is 40.5 Å². The lowest BCUT2D eigenvalue weighted by Gasteiger charge is -2.14. The molecule has 0 amide bonds. The third-order valence-corrected chi connectivity index (χ3v) is 3.13. The quantitative estimate of drug-likeness (QED) is 0.704. The Morgan fingerprint density at radius 3 is 2.72 bits per heavy atom. The van der Waals surface area contributed by atoms with Gasteiger partial charge in [0.15, 0.2) is 0 Å². The second-order valence-corrected chi connectivity index (χ2v) is 4.96. The van der Waals surface area contributed by atoms with E-state index in [9.17, 15) is 0 Å². The molecule has 0 radical (unpaired) electrons. The number of rotatable bonds is 5. The summed E-state index contributed by atoms with van der Waals surface area (Å²) in [7, 11) is 0. The van der Waals surface area contributed by atoms with Crippen LogP contribution in [0.4, 0.5) is 0 Å². The lowest BCUT2D eigenvalue weighted by Crippen LogP contribution is -2.03. The Bertz CT molecular complexity index is 454. The van der Waals surface area contributed by atoms with E-state index in [1.165, 1.54) is 0 Å². The van der Waals surface area contributed by atoms with E-state index in [-0.39, 0.29) is 0 Å². The van der Waals surface area contributed by atoms with Gasteiger partial charge in [-0.2, -0.15) is 0 Å². The molecule has 18 heavy (non-hydrogen) atoms. The molecule has 0 spiro atoms. The van der Waals surface area contributed by atoms with Gasteiger partial charge in [-0.1, -0.05) is 25.4 Å². The molecular weight excluding hydrogens is 244 g/mol. The molecule has 1 aromatic rings. The van der Waals surface area contributed by atoms with Gasteiger partial charge in [-0.3, -0.25) is 0 Å². The zero-order valence-electron chi connectivity index (χ0n) is 11.6. The first-order valence-corrected chi connectivity index (χ1v) is 6.80. The van der Waals surface area contributed by atoms with Crippen molar-refractivity contribution in [3.05, 3.63) is 28.3 Å². The largest absolute Gasteiger partial charge is 0.493 e. The predicted molar refractivity (Wildman–Crippen MR) is 78.3 cm³/mol. The molecule has 0 aromatic heterocycles. The molecule has 0 aliphatic heterocycles. The molecule has 2 heteroatoms. The Labute approximate surface area is 115 Å². The smallest absolute Gasteiger partial charge is 0.122 e. The third-order valence-electron chi connectivity index (χ3n) is 2.72. The van der Waals surface area contributed by atoms with Gasteiger partial charge < -0.3 is 4.74 Å². The fourth-order valence-electron chi connectivity index (χ4n) is 1.83. The summed E-state index contributed by atoms with van der Waals surface area (Å²) in [6, 6.07) is 4.04. The van der Waals surface area contributed by atoms with E-state index in [4.69, 9.17) is 16.3 Å². The zero-order chi connectivity index (χ0) is 13.5. The van der Waals surface area contributed by atoms with Crippen molar-refractivity contribution >= 4 is 11.6 Å². The first-order chi connectivity index (χ1) is 8.58. The predicted octanol–water partition coefficient (Wildman–Crippen LogP) is 4.64. The first-order valence-electron chi connectivity index (χ1n) is 6.42. The maximum Gasteiger partial charge on any atom is 0.122 e. The van der Waals surface area contributed by atoms with Crippen LogP contribution < -0.4 is 4.74 Å². The Balaban J connectivity index is 2.97. The normalized spacial score (nSPS) is 11.6. The van der Waals surface area contributed by atoms with E-state index < -0.39 is 0 Å². The third kappa shape index (κ3) is 4.27. The van der Waals surface area contributed by atoms with Crippen LogP contribution in [0.5, 0.6) is 5.75 Å². The highest BCUT2D eigenvalue weighted by Gasteiger charge is 2.10. The summed E-state index contributed by atoms with van der Waals surface area (Å²) in [6.45, 7) is 8.83. The summed E-state index contributed by atoms with van der Waals surface area (Å²) >= 11 is 6.19. The molecule has 1 atom stereocenters. The van der Waals surface area contributed by atoms with Crippen molar-refractivity contribution in [2.24, 2.45) is 5.92 Å². The summed E-state index contributed by atoms with van der Waals surface area (Å²) in [6.07, 6.45) is 1.88. The van der Waals surface area contributed by atoms with Crippen LogP contribution >= 0.6 is 11.6 Å². The number of hydrogen-bond donors (Lipinski definition) is 0. The Morgan fingerprint density at radius 2 is 2.11 bits per heavy atom. The van der Waals surface area contributed by atoms with Crippen LogP contribution in [0.1, 0.15) is 38.3 Å². The summed E-state index contributed by atoms with van der Waals surface area (Å²) < 4.78 is 5.79. The topological polar surface area (TPSA) is 9.23 Å². The number of hydrogen-bond acceptors (Lipinski definition) is 1. The standard InChI is InChI=1S/C16H21ClO/c1-5-7-12(3)9-14-11-15(17)13(4)10-16(14)18-8-6-2/h10-12H,6,8-9H2,1-4H3. The van der Waals surface area contributed by atoms with Crippen molar-refractivity contribution in [3.63, 3.8) is 0 Å². The molecule has 1 unspecified atom stereocenters. The van der Waals surface area contributed by atoms with Gasteiger partial charge in [-0.15, -0.1) is 11.8 Å². The average Bonchev–Trinajstić information content (AvgIpc) is 2.32. The van der Waals surface area contributed by atoms with Crippen molar-refractivity contribution in [3.8, 4) is 17.6 Å². The molecule has 0 fully saturated rings. The summed E-state index contributed by atoms with van der Waals surface area (Å²) in [5.74, 6) is 7.38. The maximum atomic E-state index is 6.19. The highest BCUT2D eigenvalue weighted by molar-refractivity contribution is 6.31. The van der Waals surface area contributed by atoms with Gasteiger partial charge in [-0.25, -0.2) is 0 Å². The molecule has 98 valence electrons. The van der Waals surface area contributed by atoms with Gasteiger partial charge in [0, 0.05) is 10.9 Å². The lowest BCUT2D eigenvalue weighted by atomic mass is 9.99. The molecule has 0 heterocycles.